The first-order valence-corrected chi connectivity index (χ1v) is 5.73. The van der Waals surface area contributed by atoms with Crippen LogP contribution in [0.2, 0.25) is 5.15 Å². The lowest BCUT2D eigenvalue weighted by Crippen LogP contribution is -2.21. The normalized spacial score (nSPS) is 10.6. The maximum absolute atomic E-state index is 11.6. The number of nitrogens with zero attached hydrogens (tertiary/aromatic N) is 2. The standard InChI is InChI=1S/C9H12BrClN2O2/c1-15-5-3-2-4-13-6-12-8(11)7(10)9(13)14/h6H,2-5H2,1H3. The molecule has 0 aromatic carbocycles. The van der Waals surface area contributed by atoms with Crippen molar-refractivity contribution in [3.05, 3.63) is 26.3 Å². The highest BCUT2D eigenvalue weighted by molar-refractivity contribution is 9.10. The number of aryl methyl sites for hydroxylation is 1. The zero-order valence-electron chi connectivity index (χ0n) is 8.37. The monoisotopic (exact) mass is 294 g/mol. The molecule has 0 aliphatic carbocycles. The highest BCUT2D eigenvalue weighted by atomic mass is 79.9. The van der Waals surface area contributed by atoms with Gasteiger partial charge in [0.1, 0.15) is 4.47 Å². The molecule has 0 N–H and O–H groups in total. The molecule has 0 aliphatic heterocycles. The summed E-state index contributed by atoms with van der Waals surface area (Å²) < 4.78 is 6.77. The van der Waals surface area contributed by atoms with Gasteiger partial charge in [-0.3, -0.25) is 9.36 Å². The number of hydrogen-bond donors (Lipinski definition) is 0. The van der Waals surface area contributed by atoms with Gasteiger partial charge in [-0.15, -0.1) is 0 Å². The molecule has 0 bridgehead atoms. The van der Waals surface area contributed by atoms with Crippen LogP contribution in [0.1, 0.15) is 12.8 Å². The van der Waals surface area contributed by atoms with Crippen LogP contribution in [-0.4, -0.2) is 23.3 Å². The molecule has 0 aliphatic rings. The van der Waals surface area contributed by atoms with Crippen LogP contribution in [-0.2, 0) is 11.3 Å². The first kappa shape index (κ1) is 12.7. The summed E-state index contributed by atoms with van der Waals surface area (Å²) in [6.07, 6.45) is 3.26. The van der Waals surface area contributed by atoms with E-state index >= 15 is 0 Å². The van der Waals surface area contributed by atoms with Crippen molar-refractivity contribution >= 4 is 27.5 Å². The average molecular weight is 296 g/mol. The summed E-state index contributed by atoms with van der Waals surface area (Å²) in [5, 5.41) is 0.202. The maximum Gasteiger partial charge on any atom is 0.269 e. The quantitative estimate of drug-likeness (QED) is 0.617. The zero-order chi connectivity index (χ0) is 11.3. The van der Waals surface area contributed by atoms with E-state index in [2.05, 4.69) is 20.9 Å². The van der Waals surface area contributed by atoms with Gasteiger partial charge in [-0.05, 0) is 28.8 Å². The van der Waals surface area contributed by atoms with Crippen LogP contribution in [0.15, 0.2) is 15.6 Å². The molecule has 15 heavy (non-hydrogen) atoms. The second-order valence-electron chi connectivity index (χ2n) is 3.05. The number of ether oxygens (including phenoxy) is 1. The lowest BCUT2D eigenvalue weighted by Gasteiger charge is -2.05. The average Bonchev–Trinajstić information content (AvgIpc) is 2.24. The van der Waals surface area contributed by atoms with Crippen LogP contribution in [0.4, 0.5) is 0 Å². The first-order valence-electron chi connectivity index (χ1n) is 4.56. The van der Waals surface area contributed by atoms with E-state index in [1.165, 1.54) is 10.9 Å². The van der Waals surface area contributed by atoms with Crippen molar-refractivity contribution < 1.29 is 4.74 Å². The topological polar surface area (TPSA) is 44.1 Å². The SMILES string of the molecule is COCCCCn1cnc(Cl)c(Br)c1=O. The molecule has 1 aromatic heterocycles. The van der Waals surface area contributed by atoms with E-state index in [0.29, 0.717) is 17.6 Å². The fraction of sp³-hybridized carbons (Fsp3) is 0.556. The van der Waals surface area contributed by atoms with Gasteiger partial charge in [0.25, 0.3) is 5.56 Å². The molecule has 0 amide bonds. The van der Waals surface area contributed by atoms with E-state index in [-0.39, 0.29) is 10.7 Å². The molecule has 0 unspecified atom stereocenters. The molecule has 0 spiro atoms. The highest BCUT2D eigenvalue weighted by Gasteiger charge is 2.05. The molecule has 1 rings (SSSR count). The highest BCUT2D eigenvalue weighted by Crippen LogP contribution is 2.13. The minimum absolute atomic E-state index is 0.146. The van der Waals surface area contributed by atoms with Crippen LogP contribution in [0, 0.1) is 0 Å². The lowest BCUT2D eigenvalue weighted by molar-refractivity contribution is 0.191. The number of unbranched alkanes of at least 4 members (excludes halogenated alkanes) is 1. The van der Waals surface area contributed by atoms with E-state index in [0.717, 1.165) is 12.8 Å². The predicted molar refractivity (Wildman–Crippen MR) is 62.3 cm³/mol. The van der Waals surface area contributed by atoms with Gasteiger partial charge >= 0.3 is 0 Å². The van der Waals surface area contributed by atoms with Crippen molar-refractivity contribution in [3.8, 4) is 0 Å². The molecule has 0 fully saturated rings. The van der Waals surface area contributed by atoms with Crippen LogP contribution < -0.4 is 5.56 Å². The zero-order valence-corrected chi connectivity index (χ0v) is 10.7. The summed E-state index contributed by atoms with van der Waals surface area (Å²) in [7, 11) is 1.66. The van der Waals surface area contributed by atoms with Crippen molar-refractivity contribution in [3.63, 3.8) is 0 Å². The molecule has 0 saturated carbocycles. The van der Waals surface area contributed by atoms with E-state index in [4.69, 9.17) is 16.3 Å². The Morgan fingerprint density at radius 1 is 1.60 bits per heavy atom. The Bertz CT molecular complexity index is 381. The van der Waals surface area contributed by atoms with Crippen LogP contribution in [0.5, 0.6) is 0 Å². The van der Waals surface area contributed by atoms with Crippen LogP contribution in [0.25, 0.3) is 0 Å². The van der Waals surface area contributed by atoms with E-state index < -0.39 is 0 Å². The molecular weight excluding hydrogens is 283 g/mol. The Morgan fingerprint density at radius 2 is 2.33 bits per heavy atom. The summed E-state index contributed by atoms with van der Waals surface area (Å²) in [4.78, 5) is 15.5. The van der Waals surface area contributed by atoms with E-state index in [9.17, 15) is 4.79 Å². The van der Waals surface area contributed by atoms with Gasteiger partial charge in [0.2, 0.25) is 0 Å². The van der Waals surface area contributed by atoms with Gasteiger partial charge in [-0.1, -0.05) is 11.6 Å². The van der Waals surface area contributed by atoms with Crippen LogP contribution >= 0.6 is 27.5 Å². The Hall–Kier alpha value is -0.390. The lowest BCUT2D eigenvalue weighted by atomic mass is 10.3. The molecule has 4 nitrogen and oxygen atoms in total. The minimum Gasteiger partial charge on any atom is -0.385 e. The van der Waals surface area contributed by atoms with Crippen molar-refractivity contribution in [1.82, 2.24) is 9.55 Å². The Morgan fingerprint density at radius 3 is 3.00 bits per heavy atom. The fourth-order valence-electron chi connectivity index (χ4n) is 1.13. The fourth-order valence-corrected chi connectivity index (χ4v) is 1.59. The number of rotatable bonds is 5. The molecule has 0 radical (unpaired) electrons. The third-order valence-electron chi connectivity index (χ3n) is 1.94. The van der Waals surface area contributed by atoms with Gasteiger partial charge in [0.05, 0.1) is 6.33 Å². The molecule has 0 atom stereocenters. The summed E-state index contributed by atoms with van der Waals surface area (Å²) in [5.74, 6) is 0. The molecule has 0 saturated heterocycles. The third kappa shape index (κ3) is 3.59. The second-order valence-corrected chi connectivity index (χ2v) is 4.20. The van der Waals surface area contributed by atoms with E-state index in [1.54, 1.807) is 7.11 Å². The molecule has 84 valence electrons. The Balaban J connectivity index is 2.63. The summed E-state index contributed by atoms with van der Waals surface area (Å²) in [5.41, 5.74) is -0.146. The Labute approximate surface area is 101 Å². The number of halogens is 2. The smallest absolute Gasteiger partial charge is 0.269 e. The van der Waals surface area contributed by atoms with Gasteiger partial charge in [-0.2, -0.15) is 0 Å². The summed E-state index contributed by atoms with van der Waals surface area (Å²) >= 11 is 8.78. The minimum atomic E-state index is -0.146. The summed E-state index contributed by atoms with van der Waals surface area (Å²) in [6, 6.07) is 0. The van der Waals surface area contributed by atoms with Crippen molar-refractivity contribution in [2.45, 2.75) is 19.4 Å². The van der Waals surface area contributed by atoms with Gasteiger partial charge < -0.3 is 4.74 Å². The number of hydrogen-bond acceptors (Lipinski definition) is 3. The largest absolute Gasteiger partial charge is 0.385 e. The molecule has 1 aromatic rings. The van der Waals surface area contributed by atoms with Gasteiger partial charge in [0, 0.05) is 20.3 Å². The Kier molecular flexibility index (Phi) is 5.28. The molecule has 1 heterocycles. The van der Waals surface area contributed by atoms with E-state index in [1.807, 2.05) is 0 Å². The van der Waals surface area contributed by atoms with Crippen molar-refractivity contribution in [2.75, 3.05) is 13.7 Å². The first-order chi connectivity index (χ1) is 7.16. The second kappa shape index (κ2) is 6.25. The predicted octanol–water partition coefficient (Wildman–Crippen LogP) is 2.09. The van der Waals surface area contributed by atoms with Crippen LogP contribution in [0.3, 0.4) is 0 Å². The van der Waals surface area contributed by atoms with Gasteiger partial charge in [0.15, 0.2) is 5.15 Å². The number of methoxy groups -OCH3 is 1. The number of aromatic nitrogens is 2. The third-order valence-corrected chi connectivity index (χ3v) is 3.17. The molecular formula is C9H12BrClN2O2. The summed E-state index contributed by atoms with van der Waals surface area (Å²) in [6.45, 7) is 1.34. The van der Waals surface area contributed by atoms with Gasteiger partial charge in [-0.25, -0.2) is 4.98 Å². The van der Waals surface area contributed by atoms with Crippen molar-refractivity contribution in [2.24, 2.45) is 0 Å². The molecule has 6 heteroatoms. The van der Waals surface area contributed by atoms with Crippen molar-refractivity contribution in [1.29, 1.82) is 0 Å². The maximum atomic E-state index is 11.6.